The third-order valence-electron chi connectivity index (χ3n) is 3.48. The van der Waals surface area contributed by atoms with E-state index in [2.05, 4.69) is 39.2 Å². The molecule has 0 spiro atoms. The predicted octanol–water partition coefficient (Wildman–Crippen LogP) is 5.69. The van der Waals surface area contributed by atoms with E-state index in [0.29, 0.717) is 21.7 Å². The second-order valence-electron chi connectivity index (χ2n) is 5.07. The van der Waals surface area contributed by atoms with E-state index < -0.39 is 0 Å². The lowest BCUT2D eigenvalue weighted by Gasteiger charge is -2.22. The Labute approximate surface area is 151 Å². The fourth-order valence-corrected chi connectivity index (χ4v) is 2.81. The predicted molar refractivity (Wildman–Crippen MR) is 101 cm³/mol. The zero-order valence-electron chi connectivity index (χ0n) is 13.1. The van der Waals surface area contributed by atoms with Gasteiger partial charge in [0.1, 0.15) is 5.82 Å². The second kappa shape index (κ2) is 7.51. The first kappa shape index (κ1) is 16.6. The van der Waals surface area contributed by atoms with Crippen molar-refractivity contribution in [2.24, 2.45) is 0 Å². The van der Waals surface area contributed by atoms with Crippen molar-refractivity contribution in [3.63, 3.8) is 0 Å². The SMILES string of the molecule is CCN(c1ccccc1)c1ccnc(Nc2ccc(Cl)cc2Cl)n1. The Bertz CT molecular complexity index is 824. The summed E-state index contributed by atoms with van der Waals surface area (Å²) < 4.78 is 0. The van der Waals surface area contributed by atoms with Gasteiger partial charge in [-0.2, -0.15) is 4.98 Å². The summed E-state index contributed by atoms with van der Waals surface area (Å²) in [6.07, 6.45) is 1.72. The molecule has 0 unspecified atom stereocenters. The molecule has 3 aromatic rings. The molecule has 1 N–H and O–H groups in total. The van der Waals surface area contributed by atoms with Crippen LogP contribution in [0.2, 0.25) is 10.0 Å². The highest BCUT2D eigenvalue weighted by molar-refractivity contribution is 6.36. The maximum absolute atomic E-state index is 6.19. The number of halogens is 2. The summed E-state index contributed by atoms with van der Waals surface area (Å²) in [5, 5.41) is 4.24. The molecule has 0 atom stereocenters. The van der Waals surface area contributed by atoms with Crippen molar-refractivity contribution in [1.82, 2.24) is 9.97 Å². The normalized spacial score (nSPS) is 10.5. The van der Waals surface area contributed by atoms with Crippen molar-refractivity contribution in [3.8, 4) is 0 Å². The molecule has 24 heavy (non-hydrogen) atoms. The number of nitrogens with zero attached hydrogens (tertiary/aromatic N) is 3. The quantitative estimate of drug-likeness (QED) is 0.636. The van der Waals surface area contributed by atoms with Gasteiger partial charge in [-0.3, -0.25) is 0 Å². The van der Waals surface area contributed by atoms with Gasteiger partial charge in [-0.05, 0) is 43.3 Å². The van der Waals surface area contributed by atoms with Crippen molar-refractivity contribution in [1.29, 1.82) is 0 Å². The van der Waals surface area contributed by atoms with Crippen LogP contribution in [0.5, 0.6) is 0 Å². The summed E-state index contributed by atoms with van der Waals surface area (Å²) in [5.74, 6) is 1.29. The van der Waals surface area contributed by atoms with Crippen LogP contribution in [0.25, 0.3) is 0 Å². The zero-order valence-corrected chi connectivity index (χ0v) is 14.6. The lowest BCUT2D eigenvalue weighted by Crippen LogP contribution is -2.17. The van der Waals surface area contributed by atoms with Gasteiger partial charge in [-0.1, -0.05) is 41.4 Å². The fourth-order valence-electron chi connectivity index (χ4n) is 2.36. The van der Waals surface area contributed by atoms with E-state index in [1.807, 2.05) is 24.3 Å². The van der Waals surface area contributed by atoms with Crippen molar-refractivity contribution in [2.45, 2.75) is 6.92 Å². The average molecular weight is 359 g/mol. The maximum atomic E-state index is 6.19. The molecule has 6 heteroatoms. The largest absolute Gasteiger partial charge is 0.327 e. The van der Waals surface area contributed by atoms with Crippen LogP contribution in [-0.2, 0) is 0 Å². The maximum Gasteiger partial charge on any atom is 0.229 e. The summed E-state index contributed by atoms with van der Waals surface area (Å²) in [6.45, 7) is 2.88. The number of para-hydroxylation sites is 1. The van der Waals surface area contributed by atoms with E-state index in [0.717, 1.165) is 18.1 Å². The van der Waals surface area contributed by atoms with Gasteiger partial charge in [-0.15, -0.1) is 0 Å². The van der Waals surface area contributed by atoms with Gasteiger partial charge in [0.15, 0.2) is 0 Å². The number of benzene rings is 2. The molecule has 0 bridgehead atoms. The highest BCUT2D eigenvalue weighted by atomic mass is 35.5. The van der Waals surface area contributed by atoms with Gasteiger partial charge in [-0.25, -0.2) is 4.98 Å². The van der Waals surface area contributed by atoms with Crippen LogP contribution in [0.15, 0.2) is 60.8 Å². The molecule has 1 aromatic heterocycles. The summed E-state index contributed by atoms with van der Waals surface area (Å²) in [7, 11) is 0. The molecule has 3 rings (SSSR count). The number of hydrogen-bond acceptors (Lipinski definition) is 4. The van der Waals surface area contributed by atoms with Gasteiger partial charge in [0.05, 0.1) is 10.7 Å². The van der Waals surface area contributed by atoms with E-state index in [4.69, 9.17) is 23.2 Å². The average Bonchev–Trinajstić information content (AvgIpc) is 2.60. The van der Waals surface area contributed by atoms with E-state index in [1.165, 1.54) is 0 Å². The lowest BCUT2D eigenvalue weighted by molar-refractivity contribution is 0.979. The molecule has 4 nitrogen and oxygen atoms in total. The first-order valence-corrected chi connectivity index (χ1v) is 8.30. The molecule has 0 saturated heterocycles. The van der Waals surface area contributed by atoms with Crippen LogP contribution >= 0.6 is 23.2 Å². The Morgan fingerprint density at radius 1 is 1.04 bits per heavy atom. The van der Waals surface area contributed by atoms with E-state index >= 15 is 0 Å². The van der Waals surface area contributed by atoms with Crippen LogP contribution in [0, 0.1) is 0 Å². The van der Waals surface area contributed by atoms with Crippen LogP contribution in [0.4, 0.5) is 23.1 Å². The zero-order chi connectivity index (χ0) is 16.9. The monoisotopic (exact) mass is 358 g/mol. The van der Waals surface area contributed by atoms with E-state index in [1.54, 1.807) is 24.4 Å². The Balaban J connectivity index is 1.88. The van der Waals surface area contributed by atoms with Gasteiger partial charge in [0, 0.05) is 23.5 Å². The van der Waals surface area contributed by atoms with E-state index in [-0.39, 0.29) is 0 Å². The molecule has 0 fully saturated rings. The van der Waals surface area contributed by atoms with Gasteiger partial charge in [0.2, 0.25) is 5.95 Å². The van der Waals surface area contributed by atoms with Crippen LogP contribution in [0.1, 0.15) is 6.92 Å². The van der Waals surface area contributed by atoms with Crippen LogP contribution < -0.4 is 10.2 Å². The smallest absolute Gasteiger partial charge is 0.229 e. The molecular formula is C18H16Cl2N4. The Morgan fingerprint density at radius 3 is 2.54 bits per heavy atom. The van der Waals surface area contributed by atoms with Gasteiger partial charge < -0.3 is 10.2 Å². The fraction of sp³-hybridized carbons (Fsp3) is 0.111. The van der Waals surface area contributed by atoms with Crippen LogP contribution in [0.3, 0.4) is 0 Å². The molecule has 122 valence electrons. The number of hydrogen-bond donors (Lipinski definition) is 1. The molecule has 1 heterocycles. The topological polar surface area (TPSA) is 41.1 Å². The second-order valence-corrected chi connectivity index (χ2v) is 5.91. The standard InChI is InChI=1S/C18H16Cl2N4/c1-2-24(14-6-4-3-5-7-14)17-10-11-21-18(23-17)22-16-9-8-13(19)12-15(16)20/h3-12H,2H2,1H3,(H,21,22,23). The minimum atomic E-state index is 0.478. The number of anilines is 4. The molecule has 0 aliphatic rings. The van der Waals surface area contributed by atoms with Crippen molar-refractivity contribution < 1.29 is 0 Å². The molecule has 0 radical (unpaired) electrons. The molecular weight excluding hydrogens is 343 g/mol. The number of nitrogens with one attached hydrogen (secondary N) is 1. The molecule has 0 aliphatic heterocycles. The summed E-state index contributed by atoms with van der Waals surface area (Å²) in [4.78, 5) is 11.0. The minimum absolute atomic E-state index is 0.478. The minimum Gasteiger partial charge on any atom is -0.327 e. The third kappa shape index (κ3) is 3.78. The highest BCUT2D eigenvalue weighted by Crippen LogP contribution is 2.28. The molecule has 0 saturated carbocycles. The molecule has 0 aliphatic carbocycles. The van der Waals surface area contributed by atoms with E-state index in [9.17, 15) is 0 Å². The summed E-state index contributed by atoms with van der Waals surface area (Å²) in [6, 6.07) is 17.2. The Hall–Kier alpha value is -2.30. The summed E-state index contributed by atoms with van der Waals surface area (Å²) in [5.41, 5.74) is 1.79. The molecule has 2 aromatic carbocycles. The Kier molecular flexibility index (Phi) is 5.18. The first-order chi connectivity index (χ1) is 11.7. The molecule has 0 amide bonds. The third-order valence-corrected chi connectivity index (χ3v) is 4.03. The summed E-state index contributed by atoms with van der Waals surface area (Å²) >= 11 is 12.1. The van der Waals surface area contributed by atoms with Crippen molar-refractivity contribution in [3.05, 3.63) is 70.8 Å². The lowest BCUT2D eigenvalue weighted by atomic mass is 10.3. The Morgan fingerprint density at radius 2 is 1.83 bits per heavy atom. The number of rotatable bonds is 5. The van der Waals surface area contributed by atoms with Crippen LogP contribution in [-0.4, -0.2) is 16.5 Å². The van der Waals surface area contributed by atoms with Gasteiger partial charge in [0.25, 0.3) is 0 Å². The number of aromatic nitrogens is 2. The van der Waals surface area contributed by atoms with Crippen molar-refractivity contribution in [2.75, 3.05) is 16.8 Å². The first-order valence-electron chi connectivity index (χ1n) is 7.55. The van der Waals surface area contributed by atoms with Crippen molar-refractivity contribution >= 4 is 46.3 Å². The van der Waals surface area contributed by atoms with Gasteiger partial charge >= 0.3 is 0 Å². The highest BCUT2D eigenvalue weighted by Gasteiger charge is 2.10.